The molecule has 0 aliphatic rings. The molecule has 0 saturated heterocycles. The molecule has 0 bridgehead atoms. The van der Waals surface area contributed by atoms with Crippen LogP contribution in [0.25, 0.3) is 0 Å². The number of primary amides is 1. The van der Waals surface area contributed by atoms with E-state index in [1.165, 1.54) is 7.11 Å². The summed E-state index contributed by atoms with van der Waals surface area (Å²) in [5, 5.41) is 3.00. The van der Waals surface area contributed by atoms with Crippen molar-refractivity contribution in [1.29, 1.82) is 0 Å². The zero-order chi connectivity index (χ0) is 12.8. The van der Waals surface area contributed by atoms with Crippen molar-refractivity contribution in [3.63, 3.8) is 0 Å². The van der Waals surface area contributed by atoms with E-state index in [0.717, 1.165) is 5.69 Å². The predicted molar refractivity (Wildman–Crippen MR) is 68.2 cm³/mol. The van der Waals surface area contributed by atoms with Crippen LogP contribution < -0.4 is 11.1 Å². The molecule has 0 saturated carbocycles. The zero-order valence-electron chi connectivity index (χ0n) is 9.27. The van der Waals surface area contributed by atoms with Crippen molar-refractivity contribution in [3.05, 3.63) is 29.8 Å². The minimum absolute atomic E-state index is 0.356. The number of carbonyl (C=O) groups is 2. The van der Waals surface area contributed by atoms with Gasteiger partial charge in [0, 0.05) is 17.8 Å². The van der Waals surface area contributed by atoms with Crippen molar-refractivity contribution < 1.29 is 14.3 Å². The maximum Gasteiger partial charge on any atom is 0.321 e. The van der Waals surface area contributed by atoms with Gasteiger partial charge < -0.3 is 15.8 Å². The number of nitrogens with two attached hydrogens (primary N) is 1. The summed E-state index contributed by atoms with van der Waals surface area (Å²) in [6, 6.07) is 6.74. The Kier molecular flexibility index (Phi) is 4.96. The molecule has 1 aromatic carbocycles. The molecule has 0 heterocycles. The second-order valence-corrected chi connectivity index (χ2v) is 4.42. The molecule has 0 aliphatic heterocycles. The van der Waals surface area contributed by atoms with Crippen LogP contribution in [-0.2, 0) is 9.53 Å². The highest BCUT2D eigenvalue weighted by molar-refractivity contribution is 9.10. The molecule has 0 aliphatic carbocycles. The summed E-state index contributed by atoms with van der Waals surface area (Å²) in [7, 11) is 1.32. The first-order valence-corrected chi connectivity index (χ1v) is 5.82. The Bertz CT molecular complexity index is 423. The van der Waals surface area contributed by atoms with Crippen molar-refractivity contribution in [2.45, 2.75) is 4.83 Å². The second-order valence-electron chi connectivity index (χ2n) is 3.32. The number of amides is 1. The molecule has 17 heavy (non-hydrogen) atoms. The van der Waals surface area contributed by atoms with Gasteiger partial charge in [-0.1, -0.05) is 22.0 Å². The van der Waals surface area contributed by atoms with E-state index in [9.17, 15) is 9.59 Å². The highest BCUT2D eigenvalue weighted by Crippen LogP contribution is 2.11. The van der Waals surface area contributed by atoms with Crippen molar-refractivity contribution in [1.82, 2.24) is 0 Å². The van der Waals surface area contributed by atoms with Crippen LogP contribution in [0.5, 0.6) is 0 Å². The molecule has 0 radical (unpaired) electrons. The molecule has 1 amide bonds. The number of esters is 1. The first-order chi connectivity index (χ1) is 8.04. The van der Waals surface area contributed by atoms with Gasteiger partial charge in [-0.25, -0.2) is 0 Å². The van der Waals surface area contributed by atoms with E-state index in [0.29, 0.717) is 12.1 Å². The predicted octanol–water partition coefficient (Wildman–Crippen LogP) is 1.13. The number of nitrogens with one attached hydrogen (secondary N) is 1. The van der Waals surface area contributed by atoms with Crippen molar-refractivity contribution in [3.8, 4) is 0 Å². The standard InChI is InChI=1S/C11H13BrN2O3/c1-17-11(16)9(12)6-14-8-4-2-3-7(5-8)10(13)15/h2-5,9,14H,6H2,1H3,(H2,13,15). The van der Waals surface area contributed by atoms with E-state index in [1.54, 1.807) is 24.3 Å². The second kappa shape index (κ2) is 6.24. The Balaban J connectivity index is 2.60. The number of ether oxygens (including phenoxy) is 1. The van der Waals surface area contributed by atoms with Gasteiger partial charge >= 0.3 is 5.97 Å². The number of benzene rings is 1. The first kappa shape index (κ1) is 13.5. The molecule has 0 aromatic heterocycles. The highest BCUT2D eigenvalue weighted by atomic mass is 79.9. The summed E-state index contributed by atoms with van der Waals surface area (Å²) in [6.07, 6.45) is 0. The number of hydrogen-bond donors (Lipinski definition) is 2. The third-order valence-corrected chi connectivity index (χ3v) is 2.79. The van der Waals surface area contributed by atoms with Gasteiger partial charge in [0.2, 0.25) is 5.91 Å². The lowest BCUT2D eigenvalue weighted by Gasteiger charge is -2.10. The van der Waals surface area contributed by atoms with Crippen molar-refractivity contribution in [2.75, 3.05) is 19.0 Å². The molecule has 6 heteroatoms. The van der Waals surface area contributed by atoms with Crippen LogP contribution in [0.4, 0.5) is 5.69 Å². The summed E-state index contributed by atoms with van der Waals surface area (Å²) in [5.41, 5.74) is 6.29. The molecule has 1 unspecified atom stereocenters. The van der Waals surface area contributed by atoms with Crippen LogP contribution in [0.3, 0.4) is 0 Å². The van der Waals surface area contributed by atoms with Crippen molar-refractivity contribution >= 4 is 33.5 Å². The van der Waals surface area contributed by atoms with Gasteiger partial charge in [-0.2, -0.15) is 0 Å². The van der Waals surface area contributed by atoms with Gasteiger partial charge in [0.1, 0.15) is 4.83 Å². The third-order valence-electron chi connectivity index (χ3n) is 2.09. The monoisotopic (exact) mass is 300 g/mol. The fourth-order valence-electron chi connectivity index (χ4n) is 1.20. The van der Waals surface area contributed by atoms with Gasteiger partial charge in [0.15, 0.2) is 0 Å². The number of hydrogen-bond acceptors (Lipinski definition) is 4. The smallest absolute Gasteiger partial charge is 0.321 e. The molecule has 5 nitrogen and oxygen atoms in total. The number of halogens is 1. The summed E-state index contributed by atoms with van der Waals surface area (Å²) >= 11 is 3.18. The summed E-state index contributed by atoms with van der Waals surface area (Å²) in [4.78, 5) is 21.6. The number of carbonyl (C=O) groups excluding carboxylic acids is 2. The summed E-state index contributed by atoms with van der Waals surface area (Å²) in [5.74, 6) is -0.847. The van der Waals surface area contributed by atoms with Crippen molar-refractivity contribution in [2.24, 2.45) is 5.73 Å². The lowest BCUT2D eigenvalue weighted by molar-refractivity contribution is -0.139. The van der Waals surface area contributed by atoms with Crippen LogP contribution in [0.2, 0.25) is 0 Å². The topological polar surface area (TPSA) is 81.4 Å². The number of anilines is 1. The normalized spacial score (nSPS) is 11.6. The summed E-state index contributed by atoms with van der Waals surface area (Å²) in [6.45, 7) is 0.356. The fraction of sp³-hybridized carbons (Fsp3) is 0.273. The largest absolute Gasteiger partial charge is 0.468 e. The minimum atomic E-state index is -0.489. The van der Waals surface area contributed by atoms with E-state index < -0.39 is 10.7 Å². The maximum absolute atomic E-state index is 11.1. The molecule has 92 valence electrons. The molecule has 0 fully saturated rings. The SMILES string of the molecule is COC(=O)C(Br)CNc1cccc(C(N)=O)c1. The van der Waals surface area contributed by atoms with Crippen LogP contribution in [0.15, 0.2) is 24.3 Å². The Morgan fingerprint density at radius 2 is 2.24 bits per heavy atom. The number of methoxy groups -OCH3 is 1. The van der Waals surface area contributed by atoms with E-state index in [1.807, 2.05) is 0 Å². The molecule has 1 rings (SSSR count). The van der Waals surface area contributed by atoms with Gasteiger partial charge in [-0.15, -0.1) is 0 Å². The minimum Gasteiger partial charge on any atom is -0.468 e. The molecule has 1 atom stereocenters. The van der Waals surface area contributed by atoms with Gasteiger partial charge in [-0.05, 0) is 18.2 Å². The van der Waals surface area contributed by atoms with E-state index in [-0.39, 0.29) is 5.97 Å². The van der Waals surface area contributed by atoms with Gasteiger partial charge in [0.05, 0.1) is 7.11 Å². The molecule has 3 N–H and O–H groups in total. The first-order valence-electron chi connectivity index (χ1n) is 4.90. The van der Waals surface area contributed by atoms with Crippen LogP contribution in [0.1, 0.15) is 10.4 Å². The van der Waals surface area contributed by atoms with E-state index >= 15 is 0 Å². The van der Waals surface area contributed by atoms with Crippen LogP contribution >= 0.6 is 15.9 Å². The quantitative estimate of drug-likeness (QED) is 0.631. The van der Waals surface area contributed by atoms with Gasteiger partial charge in [0.25, 0.3) is 0 Å². The average molecular weight is 301 g/mol. The Morgan fingerprint density at radius 1 is 1.53 bits per heavy atom. The third kappa shape index (κ3) is 4.07. The molecule has 1 aromatic rings. The lowest BCUT2D eigenvalue weighted by atomic mass is 10.2. The molecule has 0 spiro atoms. The Morgan fingerprint density at radius 3 is 2.82 bits per heavy atom. The van der Waals surface area contributed by atoms with Crippen LogP contribution in [0, 0.1) is 0 Å². The molecular weight excluding hydrogens is 288 g/mol. The zero-order valence-corrected chi connectivity index (χ0v) is 10.9. The summed E-state index contributed by atoms with van der Waals surface area (Å²) < 4.78 is 4.56. The number of rotatable bonds is 5. The number of alkyl halides is 1. The van der Waals surface area contributed by atoms with E-state index in [2.05, 4.69) is 26.0 Å². The van der Waals surface area contributed by atoms with Crippen LogP contribution in [-0.4, -0.2) is 30.4 Å². The average Bonchev–Trinajstić information content (AvgIpc) is 2.35. The molecular formula is C11H13BrN2O3. The highest BCUT2D eigenvalue weighted by Gasteiger charge is 2.14. The lowest BCUT2D eigenvalue weighted by Crippen LogP contribution is -2.24. The Labute approximate surface area is 107 Å². The van der Waals surface area contributed by atoms with Gasteiger partial charge in [-0.3, -0.25) is 9.59 Å². The maximum atomic E-state index is 11.1. The fourth-order valence-corrected chi connectivity index (χ4v) is 1.55. The van der Waals surface area contributed by atoms with E-state index in [4.69, 9.17) is 5.73 Å². The Hall–Kier alpha value is -1.56.